The fourth-order valence-corrected chi connectivity index (χ4v) is 0. The van der Waals surface area contributed by atoms with Gasteiger partial charge in [-0.1, -0.05) is 0 Å². The Morgan fingerprint density at radius 2 is 0.857 bits per heavy atom. The number of hydrogen-bond donors (Lipinski definition) is 0. The Kier molecular flexibility index (Phi) is 495. The molecule has 0 heterocycles. The minimum atomic E-state index is 0. The van der Waals surface area contributed by atoms with Gasteiger partial charge in [-0.15, -0.1) is 0 Å². The first kappa shape index (κ1) is 51.9. The van der Waals surface area contributed by atoms with E-state index in [0.29, 0.717) is 0 Å². The summed E-state index contributed by atoms with van der Waals surface area (Å²) in [4.78, 5) is 7.50. The normalized spacial score (nSPS) is 0.571. The third kappa shape index (κ3) is 50.9. The molecule has 0 amide bonds. The second-order valence-corrected chi connectivity index (χ2v) is 0. The third-order valence-corrected chi connectivity index (χ3v) is 0. The van der Waals surface area contributed by atoms with E-state index in [9.17, 15) is 0 Å². The van der Waals surface area contributed by atoms with Gasteiger partial charge in [0.25, 0.3) is 6.79 Å². The predicted octanol–water partition coefficient (Wildman–Crippen LogP) is -12.4. The van der Waals surface area contributed by atoms with Crippen molar-refractivity contribution >= 4 is 6.79 Å². The van der Waals surface area contributed by atoms with E-state index in [1.54, 1.807) is 0 Å². The molecule has 0 atom stereocenters. The van der Waals surface area contributed by atoms with Crippen LogP contribution in [0.25, 0.3) is 0 Å². The Hall–Kier alpha value is 2.86. The topological polar surface area (TPSA) is 17.1 Å². The minimum absolute atomic E-state index is 0. The average Bonchev–Trinajstić information content (AvgIpc) is 1.00. The molecule has 0 aliphatic heterocycles. The standard InChI is InChI=1S/CO.3ClH.K.Pt/c1-2;;;;;/h;3*1H;;/q;;;;+1;+2/p-3. The largest absolute Gasteiger partial charge is 2.00 e. The molecule has 0 saturated carbocycles. The second-order valence-electron chi connectivity index (χ2n) is 0. The van der Waals surface area contributed by atoms with Crippen LogP contribution in [-0.2, 0) is 25.9 Å². The molecule has 0 aliphatic carbocycles. The van der Waals surface area contributed by atoms with Crippen LogP contribution in [0.4, 0.5) is 0 Å². The number of hydrogen-bond acceptors (Lipinski definition) is 1. The zero-order valence-corrected chi connectivity index (χ0v) is 11.0. The van der Waals surface area contributed by atoms with Crippen LogP contribution in [0.3, 0.4) is 0 Å². The van der Waals surface area contributed by atoms with E-state index in [-0.39, 0.29) is 110 Å². The predicted molar refractivity (Wildman–Crippen MR) is 5.69 cm³/mol. The Balaban J connectivity index is -0.000000000500. The summed E-state index contributed by atoms with van der Waals surface area (Å²) in [6.07, 6.45) is 0. The molecule has 0 spiro atoms. The molecule has 0 unspecified atom stereocenters. The van der Waals surface area contributed by atoms with Gasteiger partial charge in [0, 0.05) is 0 Å². The van der Waals surface area contributed by atoms with E-state index in [4.69, 9.17) is 4.79 Å². The molecular weight excluding hydrogens is 369 g/mol. The summed E-state index contributed by atoms with van der Waals surface area (Å²) in [5.41, 5.74) is 0. The molecule has 0 aromatic heterocycles. The van der Waals surface area contributed by atoms with Crippen LogP contribution in [0.1, 0.15) is 0 Å². The number of rotatable bonds is 0. The quantitative estimate of drug-likeness (QED) is 0.388. The maximum absolute atomic E-state index is 7.50. The van der Waals surface area contributed by atoms with Crippen molar-refractivity contribution in [1.82, 2.24) is 0 Å². The van der Waals surface area contributed by atoms with Crippen LogP contribution >= 0.6 is 0 Å². The van der Waals surface area contributed by atoms with E-state index in [2.05, 4.69) is 6.79 Å². The van der Waals surface area contributed by atoms with Crippen molar-refractivity contribution in [3.8, 4) is 0 Å². The molecule has 0 N–H and O–H groups in total. The van der Waals surface area contributed by atoms with Gasteiger partial charge in [-0.3, -0.25) is 4.79 Å². The minimum Gasteiger partial charge on any atom is -1.00 e. The van der Waals surface area contributed by atoms with Crippen LogP contribution in [-0.4, -0.2) is 6.79 Å². The molecule has 6 heteroatoms. The summed E-state index contributed by atoms with van der Waals surface area (Å²) in [6.45, 7) is 4.50. The summed E-state index contributed by atoms with van der Waals surface area (Å²) in [6, 6.07) is 0. The molecule has 0 saturated heterocycles. The van der Waals surface area contributed by atoms with Crippen molar-refractivity contribution in [1.29, 1.82) is 0 Å². The molecule has 7 heavy (non-hydrogen) atoms. The number of carbonyl (C=O) groups excluding carboxylic acids is 1. The van der Waals surface area contributed by atoms with E-state index in [0.717, 1.165) is 0 Å². The van der Waals surface area contributed by atoms with Crippen molar-refractivity contribution in [2.24, 2.45) is 0 Å². The SMILES string of the molecule is [C]=O.[Cl-].[Cl-].[Cl-].[K+].[Pt+2]. The molecule has 1 nitrogen and oxygen atoms in total. The van der Waals surface area contributed by atoms with Gasteiger partial charge in [-0.25, -0.2) is 0 Å². The first-order chi connectivity index (χ1) is 1.00. The van der Waals surface area contributed by atoms with Gasteiger partial charge in [-0.2, -0.15) is 0 Å². The van der Waals surface area contributed by atoms with E-state index in [1.165, 1.54) is 0 Å². The molecule has 0 rings (SSSR count). The smallest absolute Gasteiger partial charge is 1.00 e. The number of halogens is 3. The monoisotopic (exact) mass is 367 g/mol. The van der Waals surface area contributed by atoms with Crippen LogP contribution in [0, 0.1) is 0 Å². The average molecular weight is 369 g/mol. The summed E-state index contributed by atoms with van der Waals surface area (Å²) in [7, 11) is 0. The maximum Gasteiger partial charge on any atom is 2.00 e. The van der Waals surface area contributed by atoms with Crippen molar-refractivity contribution in [3.63, 3.8) is 0 Å². The van der Waals surface area contributed by atoms with Crippen LogP contribution in [0.15, 0.2) is 0 Å². The Morgan fingerprint density at radius 1 is 0.857 bits per heavy atom. The Labute approximate surface area is 119 Å². The molecule has 0 aromatic carbocycles. The van der Waals surface area contributed by atoms with Gasteiger partial charge in [-0.05, 0) is 0 Å². The van der Waals surface area contributed by atoms with E-state index >= 15 is 0 Å². The Morgan fingerprint density at radius 3 is 0.857 bits per heavy atom. The van der Waals surface area contributed by atoms with Crippen LogP contribution in [0.5, 0.6) is 0 Å². The molecular formula is CCl3KOPt. The van der Waals surface area contributed by atoms with Gasteiger partial charge >= 0.3 is 72.4 Å². The molecule has 0 aromatic rings. The van der Waals surface area contributed by atoms with E-state index < -0.39 is 0 Å². The maximum atomic E-state index is 7.50. The molecule has 2 radical (unpaired) electrons. The van der Waals surface area contributed by atoms with Gasteiger partial charge in [0.05, 0.1) is 0 Å². The zero-order chi connectivity index (χ0) is 2.00. The Bertz CT molecular complexity index is 14.9. The molecule has 42 valence electrons. The van der Waals surface area contributed by atoms with Crippen molar-refractivity contribution in [2.75, 3.05) is 0 Å². The first-order valence-corrected chi connectivity index (χ1v) is 0.204. The summed E-state index contributed by atoms with van der Waals surface area (Å²) in [5.74, 6) is 0. The van der Waals surface area contributed by atoms with Crippen molar-refractivity contribution in [3.05, 3.63) is 0 Å². The van der Waals surface area contributed by atoms with Crippen LogP contribution < -0.4 is 88.6 Å². The van der Waals surface area contributed by atoms with Crippen LogP contribution in [0.2, 0.25) is 0 Å². The van der Waals surface area contributed by atoms with Crippen molar-refractivity contribution in [2.45, 2.75) is 0 Å². The van der Waals surface area contributed by atoms with Gasteiger partial charge in [0.1, 0.15) is 0 Å². The van der Waals surface area contributed by atoms with Gasteiger partial charge in [0.2, 0.25) is 0 Å². The zero-order valence-electron chi connectivity index (χ0n) is 3.36. The summed E-state index contributed by atoms with van der Waals surface area (Å²) in [5, 5.41) is 0. The van der Waals surface area contributed by atoms with E-state index in [1.807, 2.05) is 0 Å². The van der Waals surface area contributed by atoms with Gasteiger partial charge < -0.3 is 37.2 Å². The van der Waals surface area contributed by atoms with Crippen molar-refractivity contribution < 1.29 is 114 Å². The molecule has 0 bridgehead atoms. The fraction of sp³-hybridized carbons (Fsp3) is 0. The second kappa shape index (κ2) is 66.8. The molecule has 0 aliphatic rings. The molecule has 0 fully saturated rings. The third-order valence-electron chi connectivity index (χ3n) is 0. The summed E-state index contributed by atoms with van der Waals surface area (Å²) >= 11 is 0. The fourth-order valence-electron chi connectivity index (χ4n) is 0. The summed E-state index contributed by atoms with van der Waals surface area (Å²) < 4.78 is 0. The van der Waals surface area contributed by atoms with Gasteiger partial charge in [0.15, 0.2) is 0 Å². The first-order valence-electron chi connectivity index (χ1n) is 0.204.